The molecule has 1 aliphatic carbocycles. The summed E-state index contributed by atoms with van der Waals surface area (Å²) in [4.78, 5) is 13.9. The van der Waals surface area contributed by atoms with Crippen LogP contribution >= 0.6 is 0 Å². The number of unbranched alkanes of at least 4 members (excludes halogenated alkanes) is 2. The minimum Gasteiger partial charge on any atom is -0.466 e. The van der Waals surface area contributed by atoms with Crippen LogP contribution in [0.2, 0.25) is 0 Å². The fraction of sp³-hybridized carbons (Fsp3) is 0.941. The van der Waals surface area contributed by atoms with Crippen LogP contribution in [0.25, 0.3) is 0 Å². The molecule has 2 N–H and O–H groups in total. The lowest BCUT2D eigenvalue weighted by Gasteiger charge is -2.39. The van der Waals surface area contributed by atoms with Crippen molar-refractivity contribution in [2.75, 3.05) is 26.2 Å². The molecule has 2 atom stereocenters. The molecule has 0 aromatic rings. The zero-order valence-electron chi connectivity index (χ0n) is 14.0. The Morgan fingerprint density at radius 3 is 2.62 bits per heavy atom. The van der Waals surface area contributed by atoms with Gasteiger partial charge in [0.15, 0.2) is 0 Å². The van der Waals surface area contributed by atoms with Crippen LogP contribution in [0.4, 0.5) is 0 Å². The van der Waals surface area contributed by atoms with Crippen LogP contribution in [0, 0.1) is 5.92 Å². The molecular weight excluding hydrogens is 264 g/mol. The molecule has 0 spiro atoms. The first-order valence-corrected chi connectivity index (χ1v) is 8.82. The zero-order chi connectivity index (χ0) is 15.5. The minimum absolute atomic E-state index is 0.0553. The van der Waals surface area contributed by atoms with Gasteiger partial charge in [-0.3, -0.25) is 4.79 Å². The molecule has 0 aliphatic heterocycles. The van der Waals surface area contributed by atoms with Gasteiger partial charge in [0.2, 0.25) is 0 Å². The molecule has 1 saturated carbocycles. The number of nitrogens with zero attached hydrogens (tertiary/aromatic N) is 1. The molecule has 1 aliphatic rings. The van der Waals surface area contributed by atoms with Gasteiger partial charge in [0.25, 0.3) is 0 Å². The van der Waals surface area contributed by atoms with Gasteiger partial charge >= 0.3 is 5.97 Å². The third-order valence-electron chi connectivity index (χ3n) is 4.68. The molecule has 0 amide bonds. The second-order valence-corrected chi connectivity index (χ2v) is 6.09. The first-order chi connectivity index (χ1) is 10.2. The number of carbonyl (C=O) groups is 1. The van der Waals surface area contributed by atoms with Crippen molar-refractivity contribution in [3.8, 4) is 0 Å². The maximum atomic E-state index is 11.3. The van der Waals surface area contributed by atoms with E-state index in [9.17, 15) is 4.79 Å². The SMILES string of the molecule is CCOC(=O)CCCCCN(CC)C1CCCCC1CN. The van der Waals surface area contributed by atoms with Gasteiger partial charge in [0.1, 0.15) is 0 Å². The molecule has 0 heterocycles. The molecule has 0 saturated heterocycles. The summed E-state index contributed by atoms with van der Waals surface area (Å²) in [5.41, 5.74) is 5.95. The average molecular weight is 298 g/mol. The summed E-state index contributed by atoms with van der Waals surface area (Å²) >= 11 is 0. The molecule has 0 aromatic heterocycles. The maximum absolute atomic E-state index is 11.3. The van der Waals surface area contributed by atoms with Gasteiger partial charge in [0.05, 0.1) is 6.61 Å². The molecule has 2 unspecified atom stereocenters. The van der Waals surface area contributed by atoms with Crippen LogP contribution in [0.5, 0.6) is 0 Å². The zero-order valence-corrected chi connectivity index (χ0v) is 14.0. The fourth-order valence-corrected chi connectivity index (χ4v) is 3.50. The number of ether oxygens (including phenoxy) is 1. The normalized spacial score (nSPS) is 22.5. The van der Waals surface area contributed by atoms with E-state index < -0.39 is 0 Å². The molecule has 1 fully saturated rings. The highest BCUT2D eigenvalue weighted by Gasteiger charge is 2.27. The van der Waals surface area contributed by atoms with E-state index in [2.05, 4.69) is 11.8 Å². The Kier molecular flexibility index (Phi) is 9.68. The van der Waals surface area contributed by atoms with Gasteiger partial charge < -0.3 is 15.4 Å². The summed E-state index contributed by atoms with van der Waals surface area (Å²) in [6.45, 7) is 7.67. The third kappa shape index (κ3) is 6.79. The number of carbonyl (C=O) groups excluding carboxylic acids is 1. The van der Waals surface area contributed by atoms with Crippen LogP contribution < -0.4 is 5.73 Å². The van der Waals surface area contributed by atoms with E-state index in [1.54, 1.807) is 0 Å². The van der Waals surface area contributed by atoms with Gasteiger partial charge in [-0.1, -0.05) is 26.2 Å². The molecule has 0 aromatic carbocycles. The second-order valence-electron chi connectivity index (χ2n) is 6.09. The van der Waals surface area contributed by atoms with Crippen LogP contribution in [0.15, 0.2) is 0 Å². The van der Waals surface area contributed by atoms with E-state index in [0.717, 1.165) is 32.5 Å². The predicted octanol–water partition coefficient (Wildman–Crippen LogP) is 2.95. The molecule has 0 bridgehead atoms. The Labute approximate surface area is 130 Å². The number of esters is 1. The van der Waals surface area contributed by atoms with Gasteiger partial charge in [0, 0.05) is 12.5 Å². The van der Waals surface area contributed by atoms with E-state index >= 15 is 0 Å². The molecule has 1 rings (SSSR count). The van der Waals surface area contributed by atoms with Crippen LogP contribution in [0.1, 0.15) is 65.2 Å². The molecular formula is C17H34N2O2. The highest BCUT2D eigenvalue weighted by Crippen LogP contribution is 2.28. The molecule has 4 nitrogen and oxygen atoms in total. The summed E-state index contributed by atoms with van der Waals surface area (Å²) in [5.74, 6) is 0.624. The molecule has 0 radical (unpaired) electrons. The molecule has 21 heavy (non-hydrogen) atoms. The lowest BCUT2D eigenvalue weighted by molar-refractivity contribution is -0.143. The van der Waals surface area contributed by atoms with Crippen molar-refractivity contribution >= 4 is 5.97 Å². The summed E-state index contributed by atoms with van der Waals surface area (Å²) in [5, 5.41) is 0. The average Bonchev–Trinajstić information content (AvgIpc) is 2.51. The van der Waals surface area contributed by atoms with Crippen molar-refractivity contribution in [2.24, 2.45) is 11.7 Å². The Morgan fingerprint density at radius 1 is 1.19 bits per heavy atom. The van der Waals surface area contributed by atoms with Gasteiger partial charge in [-0.05, 0) is 58.2 Å². The maximum Gasteiger partial charge on any atom is 0.305 e. The van der Waals surface area contributed by atoms with Crippen molar-refractivity contribution in [1.29, 1.82) is 0 Å². The van der Waals surface area contributed by atoms with Crippen molar-refractivity contribution < 1.29 is 9.53 Å². The van der Waals surface area contributed by atoms with Crippen LogP contribution in [0.3, 0.4) is 0 Å². The highest BCUT2D eigenvalue weighted by molar-refractivity contribution is 5.69. The monoisotopic (exact) mass is 298 g/mol. The Morgan fingerprint density at radius 2 is 1.95 bits per heavy atom. The Balaban J connectivity index is 2.22. The quantitative estimate of drug-likeness (QED) is 0.497. The van der Waals surface area contributed by atoms with E-state index in [1.807, 2.05) is 6.92 Å². The third-order valence-corrected chi connectivity index (χ3v) is 4.68. The van der Waals surface area contributed by atoms with Crippen molar-refractivity contribution in [3.05, 3.63) is 0 Å². The minimum atomic E-state index is -0.0553. The van der Waals surface area contributed by atoms with Gasteiger partial charge in [-0.15, -0.1) is 0 Å². The Hall–Kier alpha value is -0.610. The largest absolute Gasteiger partial charge is 0.466 e. The summed E-state index contributed by atoms with van der Waals surface area (Å²) in [6, 6.07) is 0.679. The highest BCUT2D eigenvalue weighted by atomic mass is 16.5. The van der Waals surface area contributed by atoms with Gasteiger partial charge in [-0.2, -0.15) is 0 Å². The summed E-state index contributed by atoms with van der Waals surface area (Å²) < 4.78 is 4.95. The Bertz CT molecular complexity index is 284. The molecule has 4 heteroatoms. The van der Waals surface area contributed by atoms with Crippen molar-refractivity contribution in [1.82, 2.24) is 4.90 Å². The lowest BCUT2D eigenvalue weighted by Crippen LogP contribution is -2.45. The number of nitrogens with two attached hydrogens (primary N) is 1. The van der Waals surface area contributed by atoms with Crippen LogP contribution in [-0.4, -0.2) is 43.2 Å². The number of hydrogen-bond acceptors (Lipinski definition) is 4. The number of rotatable bonds is 10. The summed E-state index contributed by atoms with van der Waals surface area (Å²) in [7, 11) is 0. The number of hydrogen-bond donors (Lipinski definition) is 1. The van der Waals surface area contributed by atoms with Crippen molar-refractivity contribution in [3.63, 3.8) is 0 Å². The van der Waals surface area contributed by atoms with Gasteiger partial charge in [-0.25, -0.2) is 0 Å². The van der Waals surface area contributed by atoms with E-state index in [0.29, 0.717) is 25.0 Å². The molecule has 124 valence electrons. The topological polar surface area (TPSA) is 55.6 Å². The van der Waals surface area contributed by atoms with Crippen LogP contribution in [-0.2, 0) is 9.53 Å². The summed E-state index contributed by atoms with van der Waals surface area (Å²) in [6.07, 6.45) is 9.07. The standard InChI is InChI=1S/C17H34N2O2/c1-3-19(16-11-8-7-10-15(16)14-18)13-9-5-6-12-17(20)21-4-2/h15-16H,3-14,18H2,1-2H3. The smallest absolute Gasteiger partial charge is 0.305 e. The lowest BCUT2D eigenvalue weighted by atomic mass is 9.83. The first kappa shape index (κ1) is 18.4. The van der Waals surface area contributed by atoms with Crippen molar-refractivity contribution in [2.45, 2.75) is 71.3 Å². The van der Waals surface area contributed by atoms with E-state index in [-0.39, 0.29) is 5.97 Å². The first-order valence-electron chi connectivity index (χ1n) is 8.82. The fourth-order valence-electron chi connectivity index (χ4n) is 3.50. The second kappa shape index (κ2) is 11.0. The van der Waals surface area contributed by atoms with E-state index in [1.165, 1.54) is 32.1 Å². The van der Waals surface area contributed by atoms with E-state index in [4.69, 9.17) is 10.5 Å². The predicted molar refractivity (Wildman–Crippen MR) is 87.1 cm³/mol.